The average Bonchev–Trinajstić information content (AvgIpc) is 2.14. The van der Waals surface area contributed by atoms with Crippen LogP contribution in [0.3, 0.4) is 0 Å². The fourth-order valence-corrected chi connectivity index (χ4v) is 2.04. The highest BCUT2D eigenvalue weighted by atomic mass is 79.9. The number of hydrogen-bond donors (Lipinski definition) is 0. The van der Waals surface area contributed by atoms with Crippen LogP contribution < -0.4 is 0 Å². The summed E-state index contributed by atoms with van der Waals surface area (Å²) >= 11 is 8.23. The van der Waals surface area contributed by atoms with Crippen molar-refractivity contribution in [1.29, 1.82) is 0 Å². The number of hydrogen-bond acceptors (Lipinski definition) is 2. The molecule has 9 heavy (non-hydrogen) atoms. The van der Waals surface area contributed by atoms with Gasteiger partial charge in [-0.25, -0.2) is 4.98 Å². The van der Waals surface area contributed by atoms with Gasteiger partial charge in [-0.2, -0.15) is 0 Å². The fraction of sp³-hybridized carbons (Fsp3) is 0.250. The van der Waals surface area contributed by atoms with E-state index in [4.69, 9.17) is 0 Å². The molecule has 0 aliphatic carbocycles. The van der Waals surface area contributed by atoms with Gasteiger partial charge in [0.2, 0.25) is 0 Å². The molecule has 5 heteroatoms. The van der Waals surface area contributed by atoms with Gasteiger partial charge in [0.1, 0.15) is 0 Å². The highest BCUT2D eigenvalue weighted by molar-refractivity contribution is 9.11. The quantitative estimate of drug-likeness (QED) is 0.716. The third-order valence-corrected chi connectivity index (χ3v) is 3.11. The van der Waals surface area contributed by atoms with E-state index in [1.54, 1.807) is 11.3 Å². The Morgan fingerprint density at radius 2 is 2.33 bits per heavy atom. The van der Waals surface area contributed by atoms with Crippen molar-refractivity contribution in [3.63, 3.8) is 0 Å². The molecule has 0 bridgehead atoms. The molecule has 0 aliphatic rings. The number of aromatic nitrogens is 1. The standard InChI is InChI=1S/C4H3Br2NS.BrH/c5-1-3-2-7-4(6)8-3;/h2H,1H2;1H. The molecule has 0 spiro atoms. The van der Waals surface area contributed by atoms with E-state index in [-0.39, 0.29) is 17.0 Å². The van der Waals surface area contributed by atoms with Crippen LogP contribution in [-0.2, 0) is 5.33 Å². The van der Waals surface area contributed by atoms with E-state index in [1.807, 2.05) is 6.20 Å². The number of rotatable bonds is 1. The smallest absolute Gasteiger partial charge is 0.159 e. The van der Waals surface area contributed by atoms with Crippen LogP contribution in [0.5, 0.6) is 0 Å². The minimum absolute atomic E-state index is 0. The molecule has 1 nitrogen and oxygen atoms in total. The van der Waals surface area contributed by atoms with Crippen LogP contribution in [0.15, 0.2) is 10.1 Å². The maximum Gasteiger partial charge on any atom is 0.159 e. The van der Waals surface area contributed by atoms with Gasteiger partial charge in [-0.3, -0.25) is 0 Å². The Hall–Kier alpha value is 1.07. The van der Waals surface area contributed by atoms with Crippen molar-refractivity contribution in [2.24, 2.45) is 0 Å². The Kier molecular flexibility index (Phi) is 5.39. The lowest BCUT2D eigenvalue weighted by molar-refractivity contribution is 1.35. The second-order valence-electron chi connectivity index (χ2n) is 1.21. The average molecular weight is 338 g/mol. The Morgan fingerprint density at radius 1 is 1.67 bits per heavy atom. The van der Waals surface area contributed by atoms with Crippen LogP contribution >= 0.6 is 60.2 Å². The lowest BCUT2D eigenvalue weighted by atomic mass is 10.7. The van der Waals surface area contributed by atoms with Gasteiger partial charge in [0.05, 0.1) is 0 Å². The van der Waals surface area contributed by atoms with Gasteiger partial charge >= 0.3 is 0 Å². The van der Waals surface area contributed by atoms with E-state index in [2.05, 4.69) is 36.8 Å². The second-order valence-corrected chi connectivity index (χ2v) is 4.17. The maximum atomic E-state index is 3.99. The summed E-state index contributed by atoms with van der Waals surface area (Å²) < 4.78 is 0.951. The van der Waals surface area contributed by atoms with Crippen molar-refractivity contribution < 1.29 is 0 Å². The molecule has 1 aromatic rings. The summed E-state index contributed by atoms with van der Waals surface area (Å²) in [5.74, 6) is 0. The minimum Gasteiger partial charge on any atom is -0.237 e. The SMILES string of the molecule is Br.BrCc1cnc(Br)s1. The summed E-state index contributed by atoms with van der Waals surface area (Å²) in [6.45, 7) is 0. The molecule has 0 amide bonds. The third-order valence-electron chi connectivity index (χ3n) is 0.657. The lowest BCUT2D eigenvalue weighted by Gasteiger charge is -1.75. The number of halogens is 3. The zero-order chi connectivity index (χ0) is 5.98. The van der Waals surface area contributed by atoms with Crippen molar-refractivity contribution in [2.75, 3.05) is 0 Å². The topological polar surface area (TPSA) is 12.9 Å². The van der Waals surface area contributed by atoms with E-state index >= 15 is 0 Å². The molecule has 0 radical (unpaired) electrons. The van der Waals surface area contributed by atoms with E-state index in [1.165, 1.54) is 4.88 Å². The molecule has 52 valence electrons. The number of nitrogens with zero attached hydrogens (tertiary/aromatic N) is 1. The molecule has 0 fully saturated rings. The first-order valence-electron chi connectivity index (χ1n) is 1.99. The van der Waals surface area contributed by atoms with Gasteiger partial charge in [0.15, 0.2) is 3.92 Å². The van der Waals surface area contributed by atoms with Crippen molar-refractivity contribution in [3.8, 4) is 0 Å². The van der Waals surface area contributed by atoms with Crippen LogP contribution in [0, 0.1) is 0 Å². The largest absolute Gasteiger partial charge is 0.237 e. The molecule has 0 saturated carbocycles. The van der Waals surface area contributed by atoms with Gasteiger partial charge in [0, 0.05) is 16.4 Å². The molecular formula is C4H4Br3NS. The van der Waals surface area contributed by atoms with Crippen LogP contribution in [0.2, 0.25) is 0 Å². The molecule has 0 saturated heterocycles. The first-order chi connectivity index (χ1) is 3.83. The van der Waals surface area contributed by atoms with Crippen molar-refractivity contribution in [1.82, 2.24) is 4.98 Å². The molecule has 0 N–H and O–H groups in total. The number of thiazole rings is 1. The van der Waals surface area contributed by atoms with Crippen LogP contribution in [0.25, 0.3) is 0 Å². The van der Waals surface area contributed by atoms with Gasteiger partial charge in [-0.1, -0.05) is 15.9 Å². The molecule has 0 aromatic carbocycles. The van der Waals surface area contributed by atoms with Gasteiger partial charge < -0.3 is 0 Å². The predicted octanol–water partition coefficient (Wildman–Crippen LogP) is 3.38. The number of alkyl halides is 1. The summed E-state index contributed by atoms with van der Waals surface area (Å²) in [5, 5.41) is 0.899. The van der Waals surface area contributed by atoms with Gasteiger partial charge in [-0.05, 0) is 15.9 Å². The van der Waals surface area contributed by atoms with Crippen molar-refractivity contribution in [2.45, 2.75) is 5.33 Å². The van der Waals surface area contributed by atoms with Gasteiger partial charge in [-0.15, -0.1) is 28.3 Å². The molecular weight excluding hydrogens is 334 g/mol. The fourth-order valence-electron chi connectivity index (χ4n) is 0.345. The zero-order valence-corrected chi connectivity index (χ0v) is 10.0. The Bertz CT molecular complexity index is 176. The summed E-state index contributed by atoms with van der Waals surface area (Å²) in [4.78, 5) is 5.24. The van der Waals surface area contributed by atoms with E-state index < -0.39 is 0 Å². The Labute approximate surface area is 84.9 Å². The molecule has 1 rings (SSSR count). The third kappa shape index (κ3) is 3.11. The van der Waals surface area contributed by atoms with Crippen LogP contribution in [-0.4, -0.2) is 4.98 Å². The zero-order valence-electron chi connectivity index (χ0n) is 4.30. The summed E-state index contributed by atoms with van der Waals surface area (Å²) in [7, 11) is 0. The Morgan fingerprint density at radius 3 is 2.56 bits per heavy atom. The predicted molar refractivity (Wildman–Crippen MR) is 52.8 cm³/mol. The summed E-state index contributed by atoms with van der Waals surface area (Å²) in [5.41, 5.74) is 0. The van der Waals surface area contributed by atoms with E-state index in [0.29, 0.717) is 0 Å². The summed E-state index contributed by atoms with van der Waals surface area (Å²) in [6.07, 6.45) is 1.85. The summed E-state index contributed by atoms with van der Waals surface area (Å²) in [6, 6.07) is 0. The molecule has 0 aliphatic heterocycles. The monoisotopic (exact) mass is 335 g/mol. The lowest BCUT2D eigenvalue weighted by Crippen LogP contribution is -1.59. The first-order valence-corrected chi connectivity index (χ1v) is 4.72. The molecule has 1 heterocycles. The maximum absolute atomic E-state index is 3.99. The molecule has 0 atom stereocenters. The Balaban J connectivity index is 0.000000640. The molecule has 0 unspecified atom stereocenters. The van der Waals surface area contributed by atoms with Crippen LogP contribution in [0.1, 0.15) is 4.88 Å². The van der Waals surface area contributed by atoms with Gasteiger partial charge in [0.25, 0.3) is 0 Å². The van der Waals surface area contributed by atoms with Crippen molar-refractivity contribution in [3.05, 3.63) is 15.0 Å². The van der Waals surface area contributed by atoms with E-state index in [9.17, 15) is 0 Å². The first kappa shape index (κ1) is 10.1. The highest BCUT2D eigenvalue weighted by Gasteiger charge is 1.93. The second kappa shape index (κ2) is 4.82. The normalized spacial score (nSPS) is 8.67. The van der Waals surface area contributed by atoms with Crippen LogP contribution in [0.4, 0.5) is 0 Å². The molecule has 1 aromatic heterocycles. The highest BCUT2D eigenvalue weighted by Crippen LogP contribution is 2.19. The minimum atomic E-state index is 0. The van der Waals surface area contributed by atoms with E-state index in [0.717, 1.165) is 9.25 Å². The van der Waals surface area contributed by atoms with Crippen molar-refractivity contribution >= 4 is 60.2 Å².